The number of benzene rings is 2. The Labute approximate surface area is 145 Å². The zero-order valence-electron chi connectivity index (χ0n) is 13.8. The van der Waals surface area contributed by atoms with E-state index in [9.17, 15) is 13.6 Å². The number of nitrogens with two attached hydrogens (primary N) is 1. The van der Waals surface area contributed by atoms with E-state index in [0.29, 0.717) is 18.4 Å². The molecule has 0 aromatic heterocycles. The molecule has 0 unspecified atom stereocenters. The normalized spacial score (nSPS) is 20.6. The highest BCUT2D eigenvalue weighted by Crippen LogP contribution is 2.31. The maximum absolute atomic E-state index is 13.2. The number of amides is 1. The molecule has 132 valence electrons. The molecule has 3 N–H and O–H groups in total. The van der Waals surface area contributed by atoms with Crippen LogP contribution in [0.5, 0.6) is 0 Å². The van der Waals surface area contributed by atoms with Gasteiger partial charge in [0.1, 0.15) is 0 Å². The van der Waals surface area contributed by atoms with Crippen LogP contribution >= 0.6 is 0 Å². The lowest BCUT2D eigenvalue weighted by Gasteiger charge is -2.16. The molecule has 1 aliphatic rings. The fraction of sp³-hybridized carbons (Fsp3) is 0.316. The molecule has 1 saturated heterocycles. The van der Waals surface area contributed by atoms with Gasteiger partial charge in [-0.1, -0.05) is 30.3 Å². The lowest BCUT2D eigenvalue weighted by atomic mass is 9.89. The Morgan fingerprint density at radius 2 is 1.88 bits per heavy atom. The second-order valence-electron chi connectivity index (χ2n) is 6.38. The van der Waals surface area contributed by atoms with Crippen molar-refractivity contribution in [2.45, 2.75) is 5.92 Å². The van der Waals surface area contributed by atoms with Gasteiger partial charge in [-0.2, -0.15) is 0 Å². The molecule has 2 aromatic carbocycles. The van der Waals surface area contributed by atoms with Crippen LogP contribution in [0.1, 0.15) is 11.5 Å². The van der Waals surface area contributed by atoms with Crippen molar-refractivity contribution in [3.05, 3.63) is 65.7 Å². The summed E-state index contributed by atoms with van der Waals surface area (Å²) in [6.07, 6.45) is 0. The highest BCUT2D eigenvalue weighted by molar-refractivity contribution is 5.92. The van der Waals surface area contributed by atoms with Crippen LogP contribution in [0.3, 0.4) is 0 Å². The molecule has 25 heavy (non-hydrogen) atoms. The van der Waals surface area contributed by atoms with Crippen molar-refractivity contribution < 1.29 is 13.6 Å². The number of hydrogen-bond donors (Lipinski definition) is 2. The number of carbonyl (C=O) groups is 1. The van der Waals surface area contributed by atoms with Crippen molar-refractivity contribution in [1.82, 2.24) is 4.90 Å². The molecule has 2 aromatic rings. The molecule has 0 radical (unpaired) electrons. The molecule has 0 aliphatic carbocycles. The SMILES string of the molecule is NC[C@@H]1CN(CC(=O)Nc2ccc(F)c(F)c2)C[C@H]1c1ccccc1. The highest BCUT2D eigenvalue weighted by atomic mass is 19.2. The summed E-state index contributed by atoms with van der Waals surface area (Å²) < 4.78 is 26.2. The Balaban J connectivity index is 1.61. The lowest BCUT2D eigenvalue weighted by molar-refractivity contribution is -0.117. The first-order valence-electron chi connectivity index (χ1n) is 8.29. The van der Waals surface area contributed by atoms with E-state index in [4.69, 9.17) is 5.73 Å². The van der Waals surface area contributed by atoms with Gasteiger partial charge >= 0.3 is 0 Å². The lowest BCUT2D eigenvalue weighted by Crippen LogP contribution is -2.32. The largest absolute Gasteiger partial charge is 0.330 e. The van der Waals surface area contributed by atoms with Gasteiger partial charge in [-0.05, 0) is 30.2 Å². The summed E-state index contributed by atoms with van der Waals surface area (Å²) in [6.45, 7) is 2.23. The molecule has 1 amide bonds. The van der Waals surface area contributed by atoms with Gasteiger partial charge in [0, 0.05) is 30.8 Å². The van der Waals surface area contributed by atoms with Gasteiger partial charge in [-0.25, -0.2) is 8.78 Å². The maximum Gasteiger partial charge on any atom is 0.238 e. The summed E-state index contributed by atoms with van der Waals surface area (Å²) in [5, 5.41) is 2.61. The summed E-state index contributed by atoms with van der Waals surface area (Å²) in [6, 6.07) is 13.5. The summed E-state index contributed by atoms with van der Waals surface area (Å²) in [7, 11) is 0. The average Bonchev–Trinajstić information content (AvgIpc) is 3.01. The third-order valence-corrected chi connectivity index (χ3v) is 4.62. The van der Waals surface area contributed by atoms with Crippen LogP contribution in [0.2, 0.25) is 0 Å². The van der Waals surface area contributed by atoms with Gasteiger partial charge in [0.2, 0.25) is 5.91 Å². The topological polar surface area (TPSA) is 58.4 Å². The van der Waals surface area contributed by atoms with Crippen molar-refractivity contribution in [3.63, 3.8) is 0 Å². The summed E-state index contributed by atoms with van der Waals surface area (Å²) >= 11 is 0. The zero-order valence-corrected chi connectivity index (χ0v) is 13.8. The molecular weight excluding hydrogens is 324 g/mol. The van der Waals surface area contributed by atoms with E-state index in [1.165, 1.54) is 11.6 Å². The van der Waals surface area contributed by atoms with Gasteiger partial charge in [-0.3, -0.25) is 9.69 Å². The van der Waals surface area contributed by atoms with Crippen molar-refractivity contribution >= 4 is 11.6 Å². The summed E-state index contributed by atoms with van der Waals surface area (Å²) in [5.41, 5.74) is 7.38. The molecule has 3 rings (SSSR count). The fourth-order valence-electron chi connectivity index (χ4n) is 3.38. The third-order valence-electron chi connectivity index (χ3n) is 4.62. The highest BCUT2D eigenvalue weighted by Gasteiger charge is 2.33. The molecule has 0 saturated carbocycles. The Hall–Kier alpha value is -2.31. The second kappa shape index (κ2) is 7.72. The first-order valence-corrected chi connectivity index (χ1v) is 8.29. The monoisotopic (exact) mass is 345 g/mol. The minimum absolute atomic E-state index is 0.193. The van der Waals surface area contributed by atoms with Gasteiger partial charge in [0.15, 0.2) is 11.6 Å². The van der Waals surface area contributed by atoms with Crippen LogP contribution in [0.15, 0.2) is 48.5 Å². The Morgan fingerprint density at radius 3 is 2.56 bits per heavy atom. The average molecular weight is 345 g/mol. The smallest absolute Gasteiger partial charge is 0.238 e. The van der Waals surface area contributed by atoms with Crippen LogP contribution < -0.4 is 11.1 Å². The first-order chi connectivity index (χ1) is 12.1. The minimum atomic E-state index is -0.980. The van der Waals surface area contributed by atoms with Crippen LogP contribution in [0.25, 0.3) is 0 Å². The predicted octanol–water partition coefficient (Wildman–Crippen LogP) is 2.58. The number of nitrogens with zero attached hydrogens (tertiary/aromatic N) is 1. The minimum Gasteiger partial charge on any atom is -0.330 e. The number of halogens is 2. The number of hydrogen-bond acceptors (Lipinski definition) is 3. The summed E-state index contributed by atoms with van der Waals surface area (Å²) in [4.78, 5) is 14.2. The second-order valence-corrected chi connectivity index (χ2v) is 6.38. The molecule has 0 bridgehead atoms. The fourth-order valence-corrected chi connectivity index (χ4v) is 3.38. The number of nitrogens with one attached hydrogen (secondary N) is 1. The molecular formula is C19H21F2N3O. The van der Waals surface area contributed by atoms with E-state index in [1.54, 1.807) is 0 Å². The molecule has 2 atom stereocenters. The van der Waals surface area contributed by atoms with Gasteiger partial charge < -0.3 is 11.1 Å². The van der Waals surface area contributed by atoms with Crippen LogP contribution in [-0.4, -0.2) is 37.0 Å². The maximum atomic E-state index is 13.2. The van der Waals surface area contributed by atoms with Crippen LogP contribution in [0.4, 0.5) is 14.5 Å². The van der Waals surface area contributed by atoms with Crippen LogP contribution in [0, 0.1) is 17.6 Å². The number of likely N-dealkylation sites (tertiary alicyclic amines) is 1. The first kappa shape index (κ1) is 17.5. The molecule has 0 spiro atoms. The van der Waals surface area contributed by atoms with E-state index < -0.39 is 11.6 Å². The quantitative estimate of drug-likeness (QED) is 0.876. The third kappa shape index (κ3) is 4.21. The number of anilines is 1. The van der Waals surface area contributed by atoms with Gasteiger partial charge in [0.25, 0.3) is 0 Å². The van der Waals surface area contributed by atoms with E-state index in [1.807, 2.05) is 23.1 Å². The van der Waals surface area contributed by atoms with Gasteiger partial charge in [0.05, 0.1) is 6.54 Å². The molecule has 1 fully saturated rings. The van der Waals surface area contributed by atoms with Crippen molar-refractivity contribution in [1.29, 1.82) is 0 Å². The zero-order chi connectivity index (χ0) is 17.8. The van der Waals surface area contributed by atoms with Crippen LogP contribution in [-0.2, 0) is 4.79 Å². The Bertz CT molecular complexity index is 739. The van der Waals surface area contributed by atoms with E-state index in [0.717, 1.165) is 25.2 Å². The van der Waals surface area contributed by atoms with E-state index >= 15 is 0 Å². The van der Waals surface area contributed by atoms with Crippen molar-refractivity contribution in [2.24, 2.45) is 11.7 Å². The Kier molecular flexibility index (Phi) is 5.40. The molecule has 1 aliphatic heterocycles. The van der Waals surface area contributed by atoms with Crippen molar-refractivity contribution in [3.8, 4) is 0 Å². The van der Waals surface area contributed by atoms with Crippen molar-refractivity contribution in [2.75, 3.05) is 31.5 Å². The number of rotatable bonds is 5. The number of carbonyl (C=O) groups excluding carboxylic acids is 1. The molecule has 4 nitrogen and oxygen atoms in total. The van der Waals surface area contributed by atoms with E-state index in [2.05, 4.69) is 17.4 Å². The standard InChI is InChI=1S/C19H21F2N3O/c20-17-7-6-15(8-18(17)21)23-19(25)12-24-10-14(9-22)16(11-24)13-4-2-1-3-5-13/h1-8,14,16H,9-12,22H2,(H,23,25)/t14-,16+/m1/s1. The predicted molar refractivity (Wildman–Crippen MR) is 93.2 cm³/mol. The molecule has 1 heterocycles. The summed E-state index contributed by atoms with van der Waals surface area (Å²) in [5.74, 6) is -1.59. The van der Waals surface area contributed by atoms with E-state index in [-0.39, 0.29) is 18.1 Å². The van der Waals surface area contributed by atoms with Gasteiger partial charge in [-0.15, -0.1) is 0 Å². The Morgan fingerprint density at radius 1 is 1.12 bits per heavy atom. The molecule has 6 heteroatoms.